The summed E-state index contributed by atoms with van der Waals surface area (Å²) >= 11 is 0. The molecule has 10 aromatic carbocycles. The van der Waals surface area contributed by atoms with E-state index in [9.17, 15) is 0 Å². The van der Waals surface area contributed by atoms with Crippen molar-refractivity contribution in [1.29, 1.82) is 0 Å². The molecule has 5 heterocycles. The number of fused-ring (bicyclic) bond motifs is 15. The zero-order valence-electron chi connectivity index (χ0n) is 35.1. The van der Waals surface area contributed by atoms with Crippen LogP contribution >= 0.6 is 0 Å². The van der Waals surface area contributed by atoms with Crippen molar-refractivity contribution in [3.63, 3.8) is 0 Å². The molecule has 0 aliphatic heterocycles. The lowest BCUT2D eigenvalue weighted by Gasteiger charge is -2.14. The fourth-order valence-corrected chi connectivity index (χ4v) is 10.6. The molecule has 0 radical (unpaired) electrons. The van der Waals surface area contributed by atoms with Crippen LogP contribution in [0.4, 0.5) is 0 Å². The summed E-state index contributed by atoms with van der Waals surface area (Å²) in [6.07, 6.45) is 0. The first-order valence-electron chi connectivity index (χ1n) is 22.2. The van der Waals surface area contributed by atoms with E-state index >= 15 is 0 Å². The first-order valence-corrected chi connectivity index (χ1v) is 22.2. The fraction of sp³-hybridized carbons (Fsp3) is 0. The van der Waals surface area contributed by atoms with E-state index in [-0.39, 0.29) is 0 Å². The third-order valence-corrected chi connectivity index (χ3v) is 13.5. The molecule has 0 N–H and O–H groups in total. The summed E-state index contributed by atoms with van der Waals surface area (Å²) in [4.78, 5) is 16.3. The number of hydrogen-bond acceptors (Lipinski definition) is 5. The largest absolute Gasteiger partial charge is 0.455 e. The Labute approximate surface area is 375 Å². The monoisotopic (exact) mass is 843 g/mol. The van der Waals surface area contributed by atoms with E-state index in [0.29, 0.717) is 17.6 Å². The van der Waals surface area contributed by atoms with Crippen molar-refractivity contribution in [3.8, 4) is 34.4 Å². The van der Waals surface area contributed by atoms with E-state index < -0.39 is 0 Å². The molecule has 7 nitrogen and oxygen atoms in total. The predicted octanol–water partition coefficient (Wildman–Crippen LogP) is 15.5. The van der Waals surface area contributed by atoms with E-state index in [1.807, 2.05) is 36.4 Å². The summed E-state index contributed by atoms with van der Waals surface area (Å²) in [5, 5.41) is 13.3. The molecule has 5 aromatic heterocycles. The molecule has 0 aliphatic rings. The van der Waals surface area contributed by atoms with Crippen LogP contribution in [0.1, 0.15) is 0 Å². The van der Waals surface area contributed by atoms with Gasteiger partial charge in [0, 0.05) is 54.0 Å². The van der Waals surface area contributed by atoms with Gasteiger partial charge in [0.25, 0.3) is 0 Å². The van der Waals surface area contributed by atoms with Crippen molar-refractivity contribution < 1.29 is 8.83 Å². The second kappa shape index (κ2) is 13.2. The third-order valence-electron chi connectivity index (χ3n) is 13.5. The Kier molecular flexibility index (Phi) is 7.10. The topological polar surface area (TPSA) is 74.8 Å². The van der Waals surface area contributed by atoms with Gasteiger partial charge in [-0.25, -0.2) is 4.98 Å². The van der Waals surface area contributed by atoms with Crippen molar-refractivity contribution in [2.45, 2.75) is 0 Å². The van der Waals surface area contributed by atoms with Crippen LogP contribution in [0.15, 0.2) is 209 Å². The van der Waals surface area contributed by atoms with Gasteiger partial charge in [0.05, 0.1) is 33.3 Å². The Hall–Kier alpha value is -9.07. The van der Waals surface area contributed by atoms with Crippen molar-refractivity contribution in [2.75, 3.05) is 0 Å². The minimum absolute atomic E-state index is 0.508. The Morgan fingerprint density at radius 2 is 0.924 bits per heavy atom. The molecular formula is C59H33N5O2. The van der Waals surface area contributed by atoms with Crippen molar-refractivity contribution in [1.82, 2.24) is 24.1 Å². The maximum Gasteiger partial charge on any atom is 0.238 e. The maximum atomic E-state index is 6.95. The van der Waals surface area contributed by atoms with Gasteiger partial charge in [-0.1, -0.05) is 146 Å². The van der Waals surface area contributed by atoms with E-state index in [4.69, 9.17) is 23.8 Å². The number of furan rings is 2. The highest BCUT2D eigenvalue weighted by Crippen LogP contribution is 2.44. The summed E-state index contributed by atoms with van der Waals surface area (Å²) in [6, 6.07) is 70.3. The van der Waals surface area contributed by atoms with Gasteiger partial charge in [-0.05, 0) is 70.8 Å². The van der Waals surface area contributed by atoms with Gasteiger partial charge in [0.2, 0.25) is 5.95 Å². The zero-order valence-corrected chi connectivity index (χ0v) is 35.1. The summed E-state index contributed by atoms with van der Waals surface area (Å²) in [7, 11) is 0. The van der Waals surface area contributed by atoms with Crippen LogP contribution < -0.4 is 0 Å². The van der Waals surface area contributed by atoms with Gasteiger partial charge in [0.1, 0.15) is 16.7 Å². The molecule has 0 saturated carbocycles. The number of hydrogen-bond donors (Lipinski definition) is 0. The predicted molar refractivity (Wildman–Crippen MR) is 269 cm³/mol. The lowest BCUT2D eigenvalue weighted by atomic mass is 10.0. The van der Waals surface area contributed by atoms with Gasteiger partial charge in [-0.15, -0.1) is 0 Å². The third kappa shape index (κ3) is 4.93. The molecule has 15 aromatic rings. The van der Waals surface area contributed by atoms with Crippen LogP contribution in [0.5, 0.6) is 0 Å². The summed E-state index contributed by atoms with van der Waals surface area (Å²) in [5.74, 6) is 1.54. The first-order chi connectivity index (χ1) is 32.7. The molecule has 306 valence electrons. The molecule has 66 heavy (non-hydrogen) atoms. The van der Waals surface area contributed by atoms with Gasteiger partial charge in [0.15, 0.2) is 17.2 Å². The highest BCUT2D eigenvalue weighted by atomic mass is 16.3. The molecule has 0 bridgehead atoms. The number of benzene rings is 10. The number of rotatable bonds is 4. The quantitative estimate of drug-likeness (QED) is 0.176. The van der Waals surface area contributed by atoms with E-state index in [1.165, 1.54) is 16.2 Å². The molecule has 7 heteroatoms. The van der Waals surface area contributed by atoms with Crippen LogP contribution in [0.25, 0.3) is 143 Å². The van der Waals surface area contributed by atoms with E-state index in [1.54, 1.807) is 0 Å². The lowest BCUT2D eigenvalue weighted by molar-refractivity contribution is 0.666. The zero-order chi connectivity index (χ0) is 43.0. The molecular weight excluding hydrogens is 811 g/mol. The normalized spacial score (nSPS) is 12.2. The van der Waals surface area contributed by atoms with Gasteiger partial charge >= 0.3 is 0 Å². The molecule has 0 unspecified atom stereocenters. The smallest absolute Gasteiger partial charge is 0.238 e. The van der Waals surface area contributed by atoms with Gasteiger partial charge in [-0.2, -0.15) is 9.97 Å². The summed E-state index contributed by atoms with van der Waals surface area (Å²) in [5.41, 5.74) is 9.82. The number of aromatic nitrogens is 5. The highest BCUT2D eigenvalue weighted by Gasteiger charge is 2.25. The van der Waals surface area contributed by atoms with Crippen LogP contribution in [0.3, 0.4) is 0 Å². The SMILES string of the molecule is c1ccc2cc3c(cc2c1)c1ccc2ccccc2c1n3-c1cc(-c2nc(-c3cccc4c3oc3ccccc34)nc(-n3c4ccccc4c4ccccc43)n2)cc2c1oc1ccccc12. The highest BCUT2D eigenvalue weighted by molar-refractivity contribution is 6.22. The van der Waals surface area contributed by atoms with E-state index in [0.717, 1.165) is 110 Å². The van der Waals surface area contributed by atoms with Crippen molar-refractivity contribution >= 4 is 109 Å². The van der Waals surface area contributed by atoms with Crippen molar-refractivity contribution in [3.05, 3.63) is 200 Å². The minimum atomic E-state index is 0.508. The molecule has 0 spiro atoms. The van der Waals surface area contributed by atoms with Crippen LogP contribution in [-0.4, -0.2) is 24.1 Å². The van der Waals surface area contributed by atoms with Gasteiger partial charge in [-0.3, -0.25) is 4.57 Å². The maximum absolute atomic E-state index is 6.95. The molecule has 0 fully saturated rings. The van der Waals surface area contributed by atoms with Crippen molar-refractivity contribution in [2.24, 2.45) is 0 Å². The van der Waals surface area contributed by atoms with Crippen LogP contribution in [0.2, 0.25) is 0 Å². The standard InChI is InChI=1S/C59H33N5O2/c1-2-16-36-32-50-46(30-35(36)15-1)43-29-28-34-14-3-4-17-38(34)54(43)63(50)51-33-37(31-47-42-21-8-12-27-53(42)66-56(47)51)57-60-58(45-23-13-22-44-41-20-7-11-26-52(41)65-55(44)45)62-59(61-57)64-48-24-9-5-18-39(48)40-19-6-10-25-49(40)64/h1-33H. The average Bonchev–Trinajstić information content (AvgIpc) is 4.13. The molecule has 0 amide bonds. The average molecular weight is 844 g/mol. The molecule has 0 aliphatic carbocycles. The first kappa shape index (κ1) is 35.4. The fourth-order valence-electron chi connectivity index (χ4n) is 10.6. The molecule has 15 rings (SSSR count). The molecule has 0 saturated heterocycles. The lowest BCUT2D eigenvalue weighted by Crippen LogP contribution is -2.07. The Morgan fingerprint density at radius 1 is 0.333 bits per heavy atom. The Morgan fingerprint density at radius 3 is 1.68 bits per heavy atom. The second-order valence-corrected chi connectivity index (χ2v) is 17.1. The number of nitrogens with zero attached hydrogens (tertiary/aromatic N) is 5. The van der Waals surface area contributed by atoms with Crippen LogP contribution in [0, 0.1) is 0 Å². The summed E-state index contributed by atoms with van der Waals surface area (Å²) in [6.45, 7) is 0. The minimum Gasteiger partial charge on any atom is -0.455 e. The Bertz CT molecular complexity index is 4500. The molecule has 0 atom stereocenters. The van der Waals surface area contributed by atoms with E-state index in [2.05, 4.69) is 173 Å². The number of para-hydroxylation sites is 5. The second-order valence-electron chi connectivity index (χ2n) is 17.1. The Balaban J connectivity index is 1.09. The van der Waals surface area contributed by atoms with Gasteiger partial charge < -0.3 is 13.4 Å². The van der Waals surface area contributed by atoms with Crippen LogP contribution in [-0.2, 0) is 0 Å². The summed E-state index contributed by atoms with van der Waals surface area (Å²) < 4.78 is 18.2.